The Labute approximate surface area is 80.9 Å². The molecule has 0 atom stereocenters. The van der Waals surface area contributed by atoms with Gasteiger partial charge in [0.2, 0.25) is 0 Å². The number of aromatic carboxylic acids is 1. The lowest BCUT2D eigenvalue weighted by Crippen LogP contribution is -2.05. The SMILES string of the molecule is CS(=O)(=O)CCc1cc(C(=O)O)n[nH]1. The average molecular weight is 218 g/mol. The Balaban J connectivity index is 2.65. The number of aromatic nitrogens is 2. The zero-order valence-corrected chi connectivity index (χ0v) is 8.34. The number of nitrogens with zero attached hydrogens (tertiary/aromatic N) is 1. The van der Waals surface area contributed by atoms with Crippen molar-refractivity contribution >= 4 is 15.8 Å². The number of sulfone groups is 1. The van der Waals surface area contributed by atoms with E-state index in [0.29, 0.717) is 5.69 Å². The topological polar surface area (TPSA) is 100 Å². The van der Waals surface area contributed by atoms with Crippen LogP contribution in [0, 0.1) is 0 Å². The summed E-state index contributed by atoms with van der Waals surface area (Å²) in [6.07, 6.45) is 1.38. The van der Waals surface area contributed by atoms with Crippen molar-refractivity contribution in [2.75, 3.05) is 12.0 Å². The molecule has 7 heteroatoms. The van der Waals surface area contributed by atoms with E-state index in [9.17, 15) is 13.2 Å². The van der Waals surface area contributed by atoms with Crippen molar-refractivity contribution in [3.05, 3.63) is 17.5 Å². The molecular weight excluding hydrogens is 208 g/mol. The van der Waals surface area contributed by atoms with Gasteiger partial charge in [-0.15, -0.1) is 0 Å². The number of H-pyrrole nitrogens is 1. The van der Waals surface area contributed by atoms with Crippen molar-refractivity contribution in [1.29, 1.82) is 0 Å². The van der Waals surface area contributed by atoms with Gasteiger partial charge in [-0.3, -0.25) is 5.10 Å². The Kier molecular flexibility index (Phi) is 2.90. The second kappa shape index (κ2) is 3.79. The van der Waals surface area contributed by atoms with Gasteiger partial charge < -0.3 is 5.11 Å². The summed E-state index contributed by atoms with van der Waals surface area (Å²) in [7, 11) is -3.03. The normalized spacial score (nSPS) is 11.5. The molecule has 78 valence electrons. The Morgan fingerprint density at radius 3 is 2.71 bits per heavy atom. The van der Waals surface area contributed by atoms with E-state index >= 15 is 0 Å². The third-order valence-corrected chi connectivity index (χ3v) is 2.54. The molecule has 1 aromatic heterocycles. The van der Waals surface area contributed by atoms with Gasteiger partial charge in [-0.25, -0.2) is 13.2 Å². The number of carboxylic acid groups (broad SMARTS) is 1. The number of rotatable bonds is 4. The molecule has 0 spiro atoms. The van der Waals surface area contributed by atoms with Crippen molar-refractivity contribution in [3.8, 4) is 0 Å². The first-order chi connectivity index (χ1) is 6.38. The fourth-order valence-electron chi connectivity index (χ4n) is 0.895. The maximum Gasteiger partial charge on any atom is 0.356 e. The number of hydrogen-bond acceptors (Lipinski definition) is 4. The van der Waals surface area contributed by atoms with E-state index < -0.39 is 15.8 Å². The van der Waals surface area contributed by atoms with Crippen LogP contribution in [-0.4, -0.2) is 41.7 Å². The van der Waals surface area contributed by atoms with Gasteiger partial charge in [0.1, 0.15) is 9.84 Å². The molecule has 0 aromatic carbocycles. The molecule has 0 saturated heterocycles. The summed E-state index contributed by atoms with van der Waals surface area (Å²) >= 11 is 0. The van der Waals surface area contributed by atoms with Gasteiger partial charge in [-0.2, -0.15) is 5.10 Å². The number of carbonyl (C=O) groups is 1. The molecule has 1 rings (SSSR count). The first kappa shape index (κ1) is 10.7. The summed E-state index contributed by atoms with van der Waals surface area (Å²) in [5.74, 6) is -1.15. The van der Waals surface area contributed by atoms with Gasteiger partial charge in [0, 0.05) is 18.4 Å². The molecule has 6 nitrogen and oxygen atoms in total. The van der Waals surface area contributed by atoms with Gasteiger partial charge in [0.15, 0.2) is 5.69 Å². The van der Waals surface area contributed by atoms with Crippen LogP contribution < -0.4 is 0 Å². The molecule has 0 radical (unpaired) electrons. The molecule has 1 aromatic rings. The quantitative estimate of drug-likeness (QED) is 0.722. The van der Waals surface area contributed by atoms with Crippen molar-refractivity contribution < 1.29 is 18.3 Å². The van der Waals surface area contributed by atoms with Crippen molar-refractivity contribution in [1.82, 2.24) is 10.2 Å². The van der Waals surface area contributed by atoms with E-state index in [0.717, 1.165) is 6.26 Å². The highest BCUT2D eigenvalue weighted by molar-refractivity contribution is 7.90. The number of hydrogen-bond donors (Lipinski definition) is 2. The molecule has 0 aliphatic heterocycles. The first-order valence-electron chi connectivity index (χ1n) is 3.84. The molecule has 0 aliphatic rings. The van der Waals surface area contributed by atoms with Crippen LogP contribution >= 0.6 is 0 Å². The van der Waals surface area contributed by atoms with Crippen LogP contribution in [0.15, 0.2) is 6.07 Å². The lowest BCUT2D eigenvalue weighted by atomic mass is 10.3. The predicted octanol–water partition coefficient (Wildman–Crippen LogP) is -0.305. The largest absolute Gasteiger partial charge is 0.476 e. The van der Waals surface area contributed by atoms with Crippen molar-refractivity contribution in [3.63, 3.8) is 0 Å². The standard InChI is InChI=1S/C7H10N2O4S/c1-14(12,13)3-2-5-4-6(7(10)11)9-8-5/h4H,2-3H2,1H3,(H,8,9)(H,10,11). The maximum absolute atomic E-state index is 10.8. The van der Waals surface area contributed by atoms with Crippen LogP contribution in [0.5, 0.6) is 0 Å². The van der Waals surface area contributed by atoms with Crippen LogP contribution in [0.4, 0.5) is 0 Å². The minimum absolute atomic E-state index is 0.0196. The van der Waals surface area contributed by atoms with E-state index in [1.807, 2.05) is 0 Å². The number of carboxylic acids is 1. The van der Waals surface area contributed by atoms with Gasteiger partial charge in [-0.05, 0) is 6.07 Å². The van der Waals surface area contributed by atoms with E-state index in [1.54, 1.807) is 0 Å². The monoisotopic (exact) mass is 218 g/mol. The lowest BCUT2D eigenvalue weighted by molar-refractivity contribution is 0.0690. The van der Waals surface area contributed by atoms with Crippen molar-refractivity contribution in [2.24, 2.45) is 0 Å². The second-order valence-corrected chi connectivity index (χ2v) is 5.22. The molecule has 14 heavy (non-hydrogen) atoms. The van der Waals surface area contributed by atoms with Gasteiger partial charge in [0.25, 0.3) is 0 Å². The lowest BCUT2D eigenvalue weighted by Gasteiger charge is -1.94. The zero-order valence-electron chi connectivity index (χ0n) is 7.52. The molecule has 1 heterocycles. The summed E-state index contributed by atoms with van der Waals surface area (Å²) in [6, 6.07) is 1.33. The van der Waals surface area contributed by atoms with Gasteiger partial charge in [0.05, 0.1) is 5.75 Å². The smallest absolute Gasteiger partial charge is 0.356 e. The molecule has 0 saturated carbocycles. The molecular formula is C7H10N2O4S. The highest BCUT2D eigenvalue weighted by Gasteiger charge is 2.09. The minimum atomic E-state index is -3.03. The summed E-state index contributed by atoms with van der Waals surface area (Å²) in [5.41, 5.74) is 0.404. The molecule has 0 fully saturated rings. The third-order valence-electron chi connectivity index (χ3n) is 1.59. The Bertz CT molecular complexity index is 434. The molecule has 2 N–H and O–H groups in total. The first-order valence-corrected chi connectivity index (χ1v) is 5.90. The Morgan fingerprint density at radius 1 is 1.64 bits per heavy atom. The van der Waals surface area contributed by atoms with E-state index in [1.165, 1.54) is 6.07 Å². The van der Waals surface area contributed by atoms with Crippen LogP contribution in [0.3, 0.4) is 0 Å². The summed E-state index contributed by atoms with van der Waals surface area (Å²) in [6.45, 7) is 0. The summed E-state index contributed by atoms with van der Waals surface area (Å²) < 4.78 is 21.6. The highest BCUT2D eigenvalue weighted by atomic mass is 32.2. The van der Waals surface area contributed by atoms with Crippen molar-refractivity contribution in [2.45, 2.75) is 6.42 Å². The number of aromatic amines is 1. The number of nitrogens with one attached hydrogen (secondary N) is 1. The van der Waals surface area contributed by atoms with E-state index in [2.05, 4.69) is 10.2 Å². The predicted molar refractivity (Wildman–Crippen MR) is 49.0 cm³/mol. The molecule has 0 unspecified atom stereocenters. The molecule has 0 amide bonds. The fourth-order valence-corrected chi connectivity index (χ4v) is 1.49. The third kappa shape index (κ3) is 3.17. The van der Waals surface area contributed by atoms with Gasteiger partial charge in [-0.1, -0.05) is 0 Å². The minimum Gasteiger partial charge on any atom is -0.476 e. The van der Waals surface area contributed by atoms with Crippen LogP contribution in [0.2, 0.25) is 0 Å². The summed E-state index contributed by atoms with van der Waals surface area (Å²) in [5, 5.41) is 14.5. The second-order valence-electron chi connectivity index (χ2n) is 2.96. The fraction of sp³-hybridized carbons (Fsp3) is 0.429. The zero-order chi connectivity index (χ0) is 10.8. The van der Waals surface area contributed by atoms with Gasteiger partial charge >= 0.3 is 5.97 Å². The van der Waals surface area contributed by atoms with E-state index in [-0.39, 0.29) is 17.9 Å². The highest BCUT2D eigenvalue weighted by Crippen LogP contribution is 2.01. The summed E-state index contributed by atoms with van der Waals surface area (Å²) in [4.78, 5) is 10.4. The van der Waals surface area contributed by atoms with Crippen LogP contribution in [0.1, 0.15) is 16.2 Å². The average Bonchev–Trinajstić information content (AvgIpc) is 2.47. The van der Waals surface area contributed by atoms with E-state index in [4.69, 9.17) is 5.11 Å². The van der Waals surface area contributed by atoms with Crippen LogP contribution in [0.25, 0.3) is 0 Å². The Hall–Kier alpha value is -1.37. The van der Waals surface area contributed by atoms with Crippen LogP contribution in [-0.2, 0) is 16.3 Å². The molecule has 0 aliphatic carbocycles. The molecule has 0 bridgehead atoms. The number of aryl methyl sites for hydroxylation is 1. The maximum atomic E-state index is 10.8. The Morgan fingerprint density at radius 2 is 2.29 bits per heavy atom.